The van der Waals surface area contributed by atoms with Crippen molar-refractivity contribution in [1.82, 2.24) is 4.90 Å². The van der Waals surface area contributed by atoms with Crippen LogP contribution in [-0.2, 0) is 24.2 Å². The summed E-state index contributed by atoms with van der Waals surface area (Å²) in [5.74, 6) is 0. The first-order chi connectivity index (χ1) is 7.72. The minimum atomic E-state index is 0.474. The molecule has 5 heteroatoms. The Kier molecular flexibility index (Phi) is 4.92. The highest BCUT2D eigenvalue weighted by molar-refractivity contribution is 7.16. The highest BCUT2D eigenvalue weighted by atomic mass is 32.1. The van der Waals surface area contributed by atoms with E-state index in [1.54, 1.807) is 11.3 Å². The number of aliphatic hydroxyl groups is 1. The zero-order valence-electron chi connectivity index (χ0n) is 9.69. The molecule has 0 saturated carbocycles. The lowest BCUT2D eigenvalue weighted by Crippen LogP contribution is -2.25. The first-order valence-electron chi connectivity index (χ1n) is 5.18. The van der Waals surface area contributed by atoms with E-state index in [2.05, 4.69) is 11.9 Å². The van der Waals surface area contributed by atoms with Gasteiger partial charge in [-0.15, -0.1) is 11.3 Å². The molecule has 0 unspecified atom stereocenters. The van der Waals surface area contributed by atoms with E-state index in [1.807, 2.05) is 0 Å². The summed E-state index contributed by atoms with van der Waals surface area (Å²) in [6.07, 6.45) is 2.45. The number of rotatable bonds is 2. The topological polar surface area (TPSA) is 66.6 Å². The Morgan fingerprint density at radius 3 is 2.88 bits per heavy atom. The SMILES string of the molecule is CN1CCc2c(sc(N)c2CC=O)C1.CO. The van der Waals surface area contributed by atoms with Gasteiger partial charge < -0.3 is 20.5 Å². The molecule has 1 aliphatic heterocycles. The smallest absolute Gasteiger partial charge is 0.124 e. The van der Waals surface area contributed by atoms with Crippen molar-refractivity contribution in [3.8, 4) is 0 Å². The van der Waals surface area contributed by atoms with E-state index >= 15 is 0 Å². The van der Waals surface area contributed by atoms with Gasteiger partial charge in [-0.05, 0) is 24.6 Å². The number of nitrogens with zero attached hydrogens (tertiary/aromatic N) is 1. The molecule has 0 spiro atoms. The van der Waals surface area contributed by atoms with Crippen LogP contribution in [0.1, 0.15) is 16.0 Å². The van der Waals surface area contributed by atoms with Crippen LogP contribution >= 0.6 is 11.3 Å². The van der Waals surface area contributed by atoms with Crippen molar-refractivity contribution >= 4 is 22.6 Å². The van der Waals surface area contributed by atoms with Crippen molar-refractivity contribution in [3.05, 3.63) is 16.0 Å². The summed E-state index contributed by atoms with van der Waals surface area (Å²) in [5, 5.41) is 7.83. The van der Waals surface area contributed by atoms with Gasteiger partial charge in [-0.2, -0.15) is 0 Å². The second-order valence-corrected chi connectivity index (χ2v) is 4.84. The van der Waals surface area contributed by atoms with Gasteiger partial charge in [-0.3, -0.25) is 0 Å². The number of nitrogens with two attached hydrogens (primary N) is 1. The highest BCUT2D eigenvalue weighted by Gasteiger charge is 2.20. The predicted molar refractivity (Wildman–Crippen MR) is 66.7 cm³/mol. The van der Waals surface area contributed by atoms with E-state index in [1.165, 1.54) is 10.4 Å². The second kappa shape index (κ2) is 5.98. The first kappa shape index (κ1) is 13.2. The van der Waals surface area contributed by atoms with E-state index in [9.17, 15) is 4.79 Å². The van der Waals surface area contributed by atoms with Crippen LogP contribution in [0.4, 0.5) is 5.00 Å². The molecule has 0 saturated heterocycles. The summed E-state index contributed by atoms with van der Waals surface area (Å²) in [4.78, 5) is 14.1. The third-order valence-corrected chi connectivity index (χ3v) is 3.76. The summed E-state index contributed by atoms with van der Waals surface area (Å²) in [6, 6.07) is 0. The molecule has 0 amide bonds. The summed E-state index contributed by atoms with van der Waals surface area (Å²) < 4.78 is 0. The average molecular weight is 242 g/mol. The number of aliphatic hydroxyl groups excluding tert-OH is 1. The van der Waals surface area contributed by atoms with Crippen LogP contribution < -0.4 is 5.73 Å². The van der Waals surface area contributed by atoms with E-state index < -0.39 is 0 Å². The van der Waals surface area contributed by atoms with Gasteiger partial charge in [-0.25, -0.2) is 0 Å². The van der Waals surface area contributed by atoms with Crippen LogP contribution in [0.3, 0.4) is 0 Å². The fourth-order valence-corrected chi connectivity index (χ4v) is 3.15. The lowest BCUT2D eigenvalue weighted by molar-refractivity contribution is -0.107. The second-order valence-electron chi connectivity index (χ2n) is 3.71. The zero-order chi connectivity index (χ0) is 12.1. The zero-order valence-corrected chi connectivity index (χ0v) is 10.5. The number of nitrogen functional groups attached to an aromatic ring is 1. The number of likely N-dealkylation sites (N-methyl/N-ethyl adjacent to an activating group) is 1. The number of hydrogen-bond acceptors (Lipinski definition) is 5. The van der Waals surface area contributed by atoms with Crippen LogP contribution in [0.25, 0.3) is 0 Å². The Hall–Kier alpha value is -0.910. The summed E-state index contributed by atoms with van der Waals surface area (Å²) in [7, 11) is 3.11. The van der Waals surface area contributed by atoms with Crippen molar-refractivity contribution in [3.63, 3.8) is 0 Å². The maximum absolute atomic E-state index is 10.5. The fraction of sp³-hybridized carbons (Fsp3) is 0.545. The molecule has 90 valence electrons. The van der Waals surface area contributed by atoms with E-state index in [-0.39, 0.29) is 0 Å². The van der Waals surface area contributed by atoms with E-state index in [4.69, 9.17) is 10.8 Å². The molecule has 1 aliphatic rings. The average Bonchev–Trinajstić information content (AvgIpc) is 2.58. The number of fused-ring (bicyclic) bond motifs is 1. The molecule has 0 aliphatic carbocycles. The van der Waals surface area contributed by atoms with Gasteiger partial charge in [0, 0.05) is 31.5 Å². The fourth-order valence-electron chi connectivity index (χ4n) is 1.92. The van der Waals surface area contributed by atoms with Crippen LogP contribution in [0, 0.1) is 0 Å². The van der Waals surface area contributed by atoms with Gasteiger partial charge in [0.25, 0.3) is 0 Å². The highest BCUT2D eigenvalue weighted by Crippen LogP contribution is 2.34. The molecule has 0 radical (unpaired) electrons. The third kappa shape index (κ3) is 2.61. The maximum atomic E-state index is 10.5. The Morgan fingerprint density at radius 2 is 2.25 bits per heavy atom. The normalized spacial score (nSPS) is 14.9. The van der Waals surface area contributed by atoms with Gasteiger partial charge >= 0.3 is 0 Å². The van der Waals surface area contributed by atoms with Gasteiger partial charge in [0.1, 0.15) is 6.29 Å². The molecule has 0 atom stereocenters. The van der Waals surface area contributed by atoms with Gasteiger partial charge in [0.05, 0.1) is 5.00 Å². The third-order valence-electron chi connectivity index (χ3n) is 2.68. The minimum Gasteiger partial charge on any atom is -0.400 e. The van der Waals surface area contributed by atoms with Crippen molar-refractivity contribution in [2.45, 2.75) is 19.4 Å². The van der Waals surface area contributed by atoms with Crippen molar-refractivity contribution in [1.29, 1.82) is 0 Å². The summed E-state index contributed by atoms with van der Waals surface area (Å²) in [5.41, 5.74) is 8.30. The lowest BCUT2D eigenvalue weighted by atomic mass is 10.0. The van der Waals surface area contributed by atoms with E-state index in [0.717, 1.165) is 43.5 Å². The number of aldehydes is 1. The number of carbonyl (C=O) groups is 1. The van der Waals surface area contributed by atoms with Crippen LogP contribution in [0.2, 0.25) is 0 Å². The van der Waals surface area contributed by atoms with Crippen molar-refractivity contribution in [2.75, 3.05) is 26.4 Å². The van der Waals surface area contributed by atoms with Gasteiger partial charge in [-0.1, -0.05) is 0 Å². The lowest BCUT2D eigenvalue weighted by Gasteiger charge is -2.22. The summed E-state index contributed by atoms with van der Waals surface area (Å²) >= 11 is 1.64. The largest absolute Gasteiger partial charge is 0.400 e. The number of thiophene rings is 1. The molecule has 16 heavy (non-hydrogen) atoms. The van der Waals surface area contributed by atoms with Crippen LogP contribution in [0.5, 0.6) is 0 Å². The van der Waals surface area contributed by atoms with Crippen LogP contribution in [-0.4, -0.2) is 37.0 Å². The monoisotopic (exact) mass is 242 g/mol. The van der Waals surface area contributed by atoms with Crippen LogP contribution in [0.15, 0.2) is 0 Å². The quantitative estimate of drug-likeness (QED) is 0.748. The molecular formula is C11H18N2O2S. The minimum absolute atomic E-state index is 0.474. The Labute approximate surface area is 99.7 Å². The van der Waals surface area contributed by atoms with Gasteiger partial charge in [0.15, 0.2) is 0 Å². The Balaban J connectivity index is 0.000000606. The summed E-state index contributed by atoms with van der Waals surface area (Å²) in [6.45, 7) is 2.04. The predicted octanol–water partition coefficient (Wildman–Crippen LogP) is 0.668. The number of carbonyl (C=O) groups excluding carboxylic acids is 1. The number of hydrogen-bond donors (Lipinski definition) is 2. The standard InChI is InChI=1S/C10H14N2OS.CH4O/c1-12-4-2-7-8(3-5-13)10(11)14-9(7)6-12;1-2/h5H,2-4,6,11H2,1H3;2H,1H3. The Bertz CT molecular complexity index is 363. The molecule has 2 heterocycles. The molecular weight excluding hydrogens is 224 g/mol. The van der Waals surface area contributed by atoms with Gasteiger partial charge in [0.2, 0.25) is 0 Å². The van der Waals surface area contributed by atoms with Crippen molar-refractivity contribution < 1.29 is 9.90 Å². The molecule has 2 rings (SSSR count). The number of anilines is 1. The molecule has 3 N–H and O–H groups in total. The molecule has 0 aromatic carbocycles. The molecule has 0 bridgehead atoms. The van der Waals surface area contributed by atoms with Crippen molar-refractivity contribution in [2.24, 2.45) is 0 Å². The Morgan fingerprint density at radius 1 is 1.56 bits per heavy atom. The molecule has 1 aromatic rings. The molecule has 4 nitrogen and oxygen atoms in total. The first-order valence-corrected chi connectivity index (χ1v) is 5.99. The molecule has 0 fully saturated rings. The maximum Gasteiger partial charge on any atom is 0.124 e. The molecule has 1 aromatic heterocycles. The van der Waals surface area contributed by atoms with E-state index in [0.29, 0.717) is 6.42 Å².